The Morgan fingerprint density at radius 1 is 1.07 bits per heavy atom. The number of hydrogen-bond donors (Lipinski definition) is 1. The minimum Gasteiger partial charge on any atom is -0.318 e. The van der Waals surface area contributed by atoms with E-state index in [0.29, 0.717) is 15.9 Å². The van der Waals surface area contributed by atoms with Crippen molar-refractivity contribution in [3.63, 3.8) is 0 Å². The average molecular weight is 442 g/mol. The van der Waals surface area contributed by atoms with Gasteiger partial charge in [0.1, 0.15) is 17.2 Å². The number of anilines is 1. The quantitative estimate of drug-likeness (QED) is 0.437. The number of carbonyl (C=O) groups excluding carboxylic acids is 1. The van der Waals surface area contributed by atoms with Crippen molar-refractivity contribution in [2.45, 2.75) is 0 Å². The van der Waals surface area contributed by atoms with Crippen LogP contribution in [0.5, 0.6) is 0 Å². The van der Waals surface area contributed by atoms with E-state index in [1.807, 2.05) is 47.8 Å². The largest absolute Gasteiger partial charge is 0.318 e. The Balaban J connectivity index is 1.75. The summed E-state index contributed by atoms with van der Waals surface area (Å²) in [5.74, 6) is -0.947. The predicted molar refractivity (Wildman–Crippen MR) is 109 cm³/mol. The molecule has 2 aromatic carbocycles. The summed E-state index contributed by atoms with van der Waals surface area (Å²) in [6, 6.07) is 19.4. The van der Waals surface area contributed by atoms with Crippen LogP contribution in [0.3, 0.4) is 0 Å². The number of amides is 1. The van der Waals surface area contributed by atoms with E-state index < -0.39 is 11.7 Å². The molecule has 1 N–H and O–H groups in total. The van der Waals surface area contributed by atoms with Gasteiger partial charge in [0.2, 0.25) is 0 Å². The lowest BCUT2D eigenvalue weighted by molar-refractivity contribution is 0.101. The van der Waals surface area contributed by atoms with Crippen LogP contribution in [-0.4, -0.2) is 15.7 Å². The molecule has 0 atom stereocenters. The second-order valence-electron chi connectivity index (χ2n) is 5.72. The van der Waals surface area contributed by atoms with Gasteiger partial charge in [-0.3, -0.25) is 4.79 Å². The first-order valence-corrected chi connectivity index (χ1v) is 9.75. The Kier molecular flexibility index (Phi) is 4.87. The van der Waals surface area contributed by atoms with E-state index in [1.165, 1.54) is 12.1 Å². The maximum absolute atomic E-state index is 14.1. The van der Waals surface area contributed by atoms with Crippen LogP contribution in [0.4, 0.5) is 10.1 Å². The van der Waals surface area contributed by atoms with Gasteiger partial charge < -0.3 is 5.32 Å². The van der Waals surface area contributed by atoms with Gasteiger partial charge in [0, 0.05) is 4.47 Å². The molecule has 0 bridgehead atoms. The molecular weight excluding hydrogens is 429 g/mol. The van der Waals surface area contributed by atoms with Crippen molar-refractivity contribution in [1.82, 2.24) is 9.78 Å². The van der Waals surface area contributed by atoms with Crippen LogP contribution in [0.2, 0.25) is 0 Å². The monoisotopic (exact) mass is 441 g/mol. The standard InChI is InChI=1S/C20H13BrFN3OS/c21-13-8-9-16(15(22)11-13)23-20(26)18-12-17(19-7-4-10-27-19)24-25(18)14-5-2-1-3-6-14/h1-12H,(H,23,26). The Labute approximate surface area is 167 Å². The van der Waals surface area contributed by atoms with Crippen molar-refractivity contribution >= 4 is 38.9 Å². The van der Waals surface area contributed by atoms with Crippen LogP contribution in [0, 0.1) is 5.82 Å². The summed E-state index contributed by atoms with van der Waals surface area (Å²) in [6.45, 7) is 0. The Bertz CT molecular complexity index is 1090. The number of nitrogens with zero attached hydrogens (tertiary/aromatic N) is 2. The van der Waals surface area contributed by atoms with Crippen molar-refractivity contribution in [3.8, 4) is 16.3 Å². The lowest BCUT2D eigenvalue weighted by atomic mass is 10.2. The molecule has 0 radical (unpaired) electrons. The molecule has 0 saturated heterocycles. The van der Waals surface area contributed by atoms with Gasteiger partial charge in [0.25, 0.3) is 5.91 Å². The minimum absolute atomic E-state index is 0.113. The zero-order chi connectivity index (χ0) is 18.8. The number of carbonyl (C=O) groups is 1. The molecule has 0 fully saturated rings. The smallest absolute Gasteiger partial charge is 0.274 e. The van der Waals surface area contributed by atoms with E-state index >= 15 is 0 Å². The van der Waals surface area contributed by atoms with Crippen molar-refractivity contribution in [1.29, 1.82) is 0 Å². The highest BCUT2D eigenvalue weighted by Gasteiger charge is 2.19. The second-order valence-corrected chi connectivity index (χ2v) is 7.58. The second kappa shape index (κ2) is 7.46. The first-order chi connectivity index (χ1) is 13.1. The number of rotatable bonds is 4. The lowest BCUT2D eigenvalue weighted by Crippen LogP contribution is -2.17. The molecule has 2 aromatic heterocycles. The first-order valence-electron chi connectivity index (χ1n) is 8.07. The van der Waals surface area contributed by atoms with E-state index in [2.05, 4.69) is 26.3 Å². The number of nitrogens with one attached hydrogen (secondary N) is 1. The summed E-state index contributed by atoms with van der Waals surface area (Å²) in [6.07, 6.45) is 0. The van der Waals surface area contributed by atoms with Crippen molar-refractivity contribution in [2.75, 3.05) is 5.32 Å². The van der Waals surface area contributed by atoms with Crippen LogP contribution in [-0.2, 0) is 0 Å². The fourth-order valence-corrected chi connectivity index (χ4v) is 3.65. The minimum atomic E-state index is -0.512. The highest BCUT2D eigenvalue weighted by molar-refractivity contribution is 9.10. The van der Waals surface area contributed by atoms with Crippen molar-refractivity contribution < 1.29 is 9.18 Å². The summed E-state index contributed by atoms with van der Waals surface area (Å²) in [5.41, 5.74) is 1.88. The van der Waals surface area contributed by atoms with Crippen LogP contribution < -0.4 is 5.32 Å². The Hall–Kier alpha value is -2.77. The van der Waals surface area contributed by atoms with E-state index in [1.54, 1.807) is 28.2 Å². The van der Waals surface area contributed by atoms with Gasteiger partial charge in [0.15, 0.2) is 0 Å². The molecule has 134 valence electrons. The van der Waals surface area contributed by atoms with Gasteiger partial charge in [-0.2, -0.15) is 5.10 Å². The van der Waals surface area contributed by atoms with Crippen molar-refractivity contribution in [2.24, 2.45) is 0 Å². The molecule has 0 aliphatic heterocycles. The summed E-state index contributed by atoms with van der Waals surface area (Å²) in [4.78, 5) is 13.8. The molecule has 4 aromatic rings. The Morgan fingerprint density at radius 3 is 2.59 bits per heavy atom. The molecule has 0 saturated carbocycles. The number of hydrogen-bond acceptors (Lipinski definition) is 3. The van der Waals surface area contributed by atoms with Gasteiger partial charge >= 0.3 is 0 Å². The predicted octanol–water partition coefficient (Wildman–Crippen LogP) is 5.75. The van der Waals surface area contributed by atoms with Crippen molar-refractivity contribution in [3.05, 3.63) is 88.1 Å². The van der Waals surface area contributed by atoms with Crippen LogP contribution in [0.1, 0.15) is 10.5 Å². The zero-order valence-corrected chi connectivity index (χ0v) is 16.3. The summed E-state index contributed by atoms with van der Waals surface area (Å²) in [5, 5.41) is 9.17. The maximum Gasteiger partial charge on any atom is 0.274 e. The van der Waals surface area contributed by atoms with E-state index in [4.69, 9.17) is 0 Å². The Morgan fingerprint density at radius 2 is 1.89 bits per heavy atom. The zero-order valence-electron chi connectivity index (χ0n) is 13.9. The third-order valence-corrected chi connectivity index (χ3v) is 5.28. The summed E-state index contributed by atoms with van der Waals surface area (Å²) >= 11 is 4.75. The topological polar surface area (TPSA) is 46.9 Å². The summed E-state index contributed by atoms with van der Waals surface area (Å²) < 4.78 is 16.3. The fraction of sp³-hybridized carbons (Fsp3) is 0. The lowest BCUT2D eigenvalue weighted by Gasteiger charge is -2.09. The van der Waals surface area contributed by atoms with E-state index in [9.17, 15) is 9.18 Å². The molecule has 4 rings (SSSR count). The van der Waals surface area contributed by atoms with Gasteiger partial charge in [-0.1, -0.05) is 40.2 Å². The number of aromatic nitrogens is 2. The van der Waals surface area contributed by atoms with Crippen LogP contribution in [0.15, 0.2) is 76.6 Å². The fourth-order valence-electron chi connectivity index (χ4n) is 2.63. The molecule has 2 heterocycles. The molecule has 7 heteroatoms. The average Bonchev–Trinajstić information content (AvgIpc) is 3.34. The highest BCUT2D eigenvalue weighted by atomic mass is 79.9. The highest BCUT2D eigenvalue weighted by Crippen LogP contribution is 2.27. The number of benzene rings is 2. The van der Waals surface area contributed by atoms with E-state index in [-0.39, 0.29) is 5.69 Å². The molecular formula is C20H13BrFN3OS. The first kappa shape index (κ1) is 17.6. The third-order valence-electron chi connectivity index (χ3n) is 3.90. The van der Waals surface area contributed by atoms with Gasteiger partial charge in [-0.15, -0.1) is 11.3 Å². The maximum atomic E-state index is 14.1. The van der Waals surface area contributed by atoms with Crippen LogP contribution >= 0.6 is 27.3 Å². The van der Waals surface area contributed by atoms with Gasteiger partial charge in [-0.05, 0) is 47.8 Å². The number of halogens is 2. The third kappa shape index (κ3) is 3.70. The molecule has 27 heavy (non-hydrogen) atoms. The van der Waals surface area contributed by atoms with Gasteiger partial charge in [0.05, 0.1) is 16.3 Å². The number of para-hydroxylation sites is 1. The molecule has 0 unspecified atom stereocenters. The molecule has 0 aliphatic rings. The van der Waals surface area contributed by atoms with E-state index in [0.717, 1.165) is 10.6 Å². The molecule has 4 nitrogen and oxygen atoms in total. The molecule has 0 aliphatic carbocycles. The summed E-state index contributed by atoms with van der Waals surface area (Å²) in [7, 11) is 0. The van der Waals surface area contributed by atoms with Gasteiger partial charge in [-0.25, -0.2) is 9.07 Å². The molecule has 0 spiro atoms. The van der Waals surface area contributed by atoms with Crippen LogP contribution in [0.25, 0.3) is 16.3 Å². The molecule has 1 amide bonds. The number of thiophene rings is 1. The normalized spacial score (nSPS) is 10.7. The SMILES string of the molecule is O=C(Nc1ccc(Br)cc1F)c1cc(-c2cccs2)nn1-c1ccccc1.